The summed E-state index contributed by atoms with van der Waals surface area (Å²) in [5.74, 6) is 2.96. The minimum Gasteiger partial charge on any atom is -0.423 e. The molecule has 0 aliphatic heterocycles. The van der Waals surface area contributed by atoms with Crippen LogP contribution < -0.4 is 5.46 Å². The molecule has 0 amide bonds. The monoisotopic (exact) mass is 899 g/mol. The molecule has 0 saturated heterocycles. The first-order valence-electron chi connectivity index (χ1n) is 23.6. The molecule has 5 nitrogen and oxygen atoms in total. The van der Waals surface area contributed by atoms with Crippen LogP contribution in [0.3, 0.4) is 0 Å². The quantitative estimate of drug-likeness (QED) is 0.117. The molecule has 1 heterocycles. The van der Waals surface area contributed by atoms with Crippen LogP contribution in [0.4, 0.5) is 0 Å². The summed E-state index contributed by atoms with van der Waals surface area (Å²) in [7, 11) is -1.52. The molecule has 3 aliphatic carbocycles. The maximum absolute atomic E-state index is 10.3. The van der Waals surface area contributed by atoms with Crippen molar-refractivity contribution in [3.63, 3.8) is 0 Å². The van der Waals surface area contributed by atoms with Gasteiger partial charge in [0.25, 0.3) is 0 Å². The average Bonchev–Trinajstić information content (AvgIpc) is 3.66. The molecule has 328 valence electrons. The SMILES string of the molecule is CC1C=C2CC(CCC23c2ccc(-c4cccc(-c5cc(-c6ccccc6)cc(-c6cc(Cl)cc(-c7nc(-c8ccccc8)nc(-c8ccccc8)n7)c6)c5)c4)cc2-c2ccc(B(O)O)cc23)C1. The van der Waals surface area contributed by atoms with Crippen molar-refractivity contribution in [1.29, 1.82) is 0 Å². The van der Waals surface area contributed by atoms with Gasteiger partial charge in [0.15, 0.2) is 17.5 Å². The zero-order valence-electron chi connectivity index (χ0n) is 37.6. The van der Waals surface area contributed by atoms with Crippen LogP contribution >= 0.6 is 11.6 Å². The van der Waals surface area contributed by atoms with Gasteiger partial charge in [0.1, 0.15) is 0 Å². The molecule has 2 bridgehead atoms. The van der Waals surface area contributed by atoms with E-state index in [2.05, 4.69) is 116 Å². The number of benzene rings is 8. The second-order valence-corrected chi connectivity index (χ2v) is 19.3. The third-order valence-corrected chi connectivity index (χ3v) is 14.7. The zero-order chi connectivity index (χ0) is 45.9. The Labute approximate surface area is 402 Å². The van der Waals surface area contributed by atoms with E-state index in [0.717, 1.165) is 74.0 Å². The topological polar surface area (TPSA) is 79.1 Å². The van der Waals surface area contributed by atoms with E-state index >= 15 is 0 Å². The summed E-state index contributed by atoms with van der Waals surface area (Å²) in [6.45, 7) is 2.34. The molecule has 1 aromatic heterocycles. The van der Waals surface area contributed by atoms with Gasteiger partial charge in [0.05, 0.1) is 0 Å². The van der Waals surface area contributed by atoms with Crippen LogP contribution in [0, 0.1) is 11.8 Å². The molecule has 68 heavy (non-hydrogen) atoms. The molecule has 12 rings (SSSR count). The van der Waals surface area contributed by atoms with Gasteiger partial charge in [-0.05, 0) is 158 Å². The molecule has 1 saturated carbocycles. The van der Waals surface area contributed by atoms with Crippen molar-refractivity contribution in [3.8, 4) is 89.8 Å². The second-order valence-electron chi connectivity index (χ2n) is 18.9. The summed E-state index contributed by atoms with van der Waals surface area (Å²) < 4.78 is 0. The van der Waals surface area contributed by atoms with Crippen LogP contribution in [0.5, 0.6) is 0 Å². The van der Waals surface area contributed by atoms with Crippen molar-refractivity contribution in [1.82, 2.24) is 15.0 Å². The summed E-state index contributed by atoms with van der Waals surface area (Å²) in [6.07, 6.45) is 7.06. The molecular weight excluding hydrogens is 853 g/mol. The first kappa shape index (κ1) is 42.2. The highest BCUT2D eigenvalue weighted by Gasteiger charge is 2.50. The van der Waals surface area contributed by atoms with Crippen molar-refractivity contribution < 1.29 is 10.0 Å². The van der Waals surface area contributed by atoms with Crippen molar-refractivity contribution in [2.45, 2.75) is 38.0 Å². The lowest BCUT2D eigenvalue weighted by Gasteiger charge is -2.45. The first-order chi connectivity index (χ1) is 33.3. The largest absolute Gasteiger partial charge is 0.488 e. The Morgan fingerprint density at radius 1 is 0.485 bits per heavy atom. The Hall–Kier alpha value is -7.22. The maximum Gasteiger partial charge on any atom is 0.488 e. The highest BCUT2D eigenvalue weighted by Crippen LogP contribution is 2.61. The van der Waals surface area contributed by atoms with E-state index in [-0.39, 0.29) is 5.41 Å². The zero-order valence-corrected chi connectivity index (χ0v) is 38.4. The standard InChI is InChI=1S/C61H47BClN3O2/c1-38-26-39-24-25-61(51(27-38)28-39)56-23-20-45(36-55(56)54-22-21-52(62(67)68)37-57(54)61)43-18-11-19-44(29-43)47-30-46(40-12-5-2-6-13-40)31-48(32-47)49-33-50(35-53(63)34-49)60-65-58(41-14-7-3-8-15-41)64-59(66-60)42-16-9-4-10-17-42/h2-23,27,29-39,67-68H,24-26,28H2,1H3. The summed E-state index contributed by atoms with van der Waals surface area (Å²) in [4.78, 5) is 15.0. The smallest absolute Gasteiger partial charge is 0.423 e. The van der Waals surface area contributed by atoms with Gasteiger partial charge in [-0.25, -0.2) is 15.0 Å². The van der Waals surface area contributed by atoms with E-state index in [1.807, 2.05) is 84.9 Å². The predicted molar refractivity (Wildman–Crippen MR) is 278 cm³/mol. The second kappa shape index (κ2) is 17.1. The summed E-state index contributed by atoms with van der Waals surface area (Å²) in [5, 5.41) is 21.3. The molecule has 1 fully saturated rings. The number of hydrogen-bond acceptors (Lipinski definition) is 5. The summed E-state index contributed by atoms with van der Waals surface area (Å²) >= 11 is 7.04. The maximum atomic E-state index is 10.3. The number of halogens is 1. The molecule has 0 radical (unpaired) electrons. The molecule has 7 heteroatoms. The van der Waals surface area contributed by atoms with Gasteiger partial charge in [0, 0.05) is 27.1 Å². The van der Waals surface area contributed by atoms with E-state index in [1.54, 1.807) is 0 Å². The van der Waals surface area contributed by atoms with Crippen LogP contribution in [-0.4, -0.2) is 32.1 Å². The fraction of sp³-hybridized carbons (Fsp3) is 0.131. The Morgan fingerprint density at radius 3 is 1.66 bits per heavy atom. The van der Waals surface area contributed by atoms with Crippen LogP contribution in [-0.2, 0) is 5.41 Å². The van der Waals surface area contributed by atoms with E-state index < -0.39 is 7.12 Å². The minimum atomic E-state index is -1.52. The first-order valence-corrected chi connectivity index (χ1v) is 24.0. The third-order valence-electron chi connectivity index (χ3n) is 14.5. The predicted octanol–water partition coefficient (Wildman–Crippen LogP) is 13.9. The molecule has 1 spiro atoms. The van der Waals surface area contributed by atoms with Crippen molar-refractivity contribution in [2.24, 2.45) is 11.8 Å². The number of aromatic nitrogens is 3. The van der Waals surface area contributed by atoms with Crippen LogP contribution in [0.2, 0.25) is 5.02 Å². The van der Waals surface area contributed by atoms with Crippen molar-refractivity contribution in [3.05, 3.63) is 216 Å². The van der Waals surface area contributed by atoms with E-state index in [1.165, 1.54) is 40.7 Å². The number of allylic oxidation sites excluding steroid dienone is 2. The lowest BCUT2D eigenvalue weighted by atomic mass is 9.58. The lowest BCUT2D eigenvalue weighted by molar-refractivity contribution is 0.284. The van der Waals surface area contributed by atoms with Gasteiger partial charge in [-0.2, -0.15) is 0 Å². The fourth-order valence-electron chi connectivity index (χ4n) is 11.4. The van der Waals surface area contributed by atoms with Gasteiger partial charge >= 0.3 is 7.12 Å². The molecule has 3 aliphatic rings. The van der Waals surface area contributed by atoms with Gasteiger partial charge in [-0.15, -0.1) is 0 Å². The van der Waals surface area contributed by atoms with Gasteiger partial charge in [-0.1, -0.05) is 170 Å². The number of nitrogens with zero attached hydrogens (tertiary/aromatic N) is 3. The van der Waals surface area contributed by atoms with Crippen molar-refractivity contribution in [2.75, 3.05) is 0 Å². The van der Waals surface area contributed by atoms with E-state index in [4.69, 9.17) is 26.6 Å². The Balaban J connectivity index is 0.963. The molecule has 3 atom stereocenters. The van der Waals surface area contributed by atoms with Gasteiger partial charge in [-0.3, -0.25) is 0 Å². The number of rotatable bonds is 8. The minimum absolute atomic E-state index is 0.256. The summed E-state index contributed by atoms with van der Waals surface area (Å²) in [6, 6.07) is 65.3. The van der Waals surface area contributed by atoms with Crippen molar-refractivity contribution >= 4 is 24.2 Å². The third kappa shape index (κ3) is 7.59. The number of fused-ring (bicyclic) bond motifs is 8. The molecule has 3 unspecified atom stereocenters. The molecule has 2 N–H and O–H groups in total. The highest BCUT2D eigenvalue weighted by molar-refractivity contribution is 6.58. The number of hydrogen-bond donors (Lipinski definition) is 2. The summed E-state index contributed by atoms with van der Waals surface area (Å²) in [5.41, 5.74) is 18.0. The van der Waals surface area contributed by atoms with Crippen LogP contribution in [0.15, 0.2) is 200 Å². The normalized spacial score (nSPS) is 17.9. The average molecular weight is 900 g/mol. The van der Waals surface area contributed by atoms with E-state index in [9.17, 15) is 10.0 Å². The molecule has 8 aromatic carbocycles. The van der Waals surface area contributed by atoms with E-state index in [0.29, 0.717) is 39.8 Å². The molecular formula is C61H47BClN3O2. The fourth-order valence-corrected chi connectivity index (χ4v) is 11.6. The van der Waals surface area contributed by atoms with Gasteiger partial charge < -0.3 is 10.0 Å². The molecule has 9 aromatic rings. The Kier molecular flexibility index (Phi) is 10.6. The van der Waals surface area contributed by atoms with Crippen LogP contribution in [0.25, 0.3) is 89.8 Å². The highest BCUT2D eigenvalue weighted by atomic mass is 35.5. The Morgan fingerprint density at radius 2 is 1.00 bits per heavy atom. The van der Waals surface area contributed by atoms with Gasteiger partial charge in [0.2, 0.25) is 0 Å². The van der Waals surface area contributed by atoms with Crippen LogP contribution in [0.1, 0.15) is 43.7 Å². The Bertz CT molecular complexity index is 3370. The lowest BCUT2D eigenvalue weighted by Crippen LogP contribution is -2.38.